The number of hydrogen-bond donors (Lipinski definition) is 1. The van der Waals surface area contributed by atoms with Crippen molar-refractivity contribution in [3.05, 3.63) is 65.5 Å². The fourth-order valence-electron chi connectivity index (χ4n) is 2.71. The Bertz CT molecular complexity index is 680. The maximum Gasteiger partial charge on any atom is 0.221 e. The predicted octanol–water partition coefficient (Wildman–Crippen LogP) is 4.88. The predicted molar refractivity (Wildman–Crippen MR) is 96.5 cm³/mol. The first-order chi connectivity index (χ1) is 11.6. The molecule has 0 saturated heterocycles. The Balaban J connectivity index is 1.50. The van der Waals surface area contributed by atoms with E-state index in [1.54, 1.807) is 23.9 Å². The molecule has 1 saturated carbocycles. The van der Waals surface area contributed by atoms with Gasteiger partial charge in [0, 0.05) is 17.1 Å². The summed E-state index contributed by atoms with van der Waals surface area (Å²) in [6.45, 7) is 2.07. The molecule has 0 spiro atoms. The second-order valence-corrected chi connectivity index (χ2v) is 7.51. The molecule has 4 heteroatoms. The van der Waals surface area contributed by atoms with Crippen LogP contribution in [0.4, 0.5) is 4.39 Å². The molecular weight excluding hydrogens is 321 g/mol. The van der Waals surface area contributed by atoms with Crippen molar-refractivity contribution in [1.82, 2.24) is 5.32 Å². The minimum absolute atomic E-state index is 0.0853. The van der Waals surface area contributed by atoms with Gasteiger partial charge in [-0.05, 0) is 55.5 Å². The summed E-state index contributed by atoms with van der Waals surface area (Å²) in [5, 5.41) is 3.20. The SMILES string of the molecule is Cc1ccc(C(NC(=O)CCSc2ccc(F)cc2)C2CC2)cc1. The zero-order valence-corrected chi connectivity index (χ0v) is 14.6. The monoisotopic (exact) mass is 343 g/mol. The number of carbonyl (C=O) groups excluding carboxylic acids is 1. The van der Waals surface area contributed by atoms with Crippen molar-refractivity contribution in [2.75, 3.05) is 5.75 Å². The van der Waals surface area contributed by atoms with Gasteiger partial charge in [-0.2, -0.15) is 0 Å². The van der Waals surface area contributed by atoms with E-state index in [2.05, 4.69) is 36.5 Å². The number of thioether (sulfide) groups is 1. The molecule has 2 aromatic rings. The van der Waals surface area contributed by atoms with Crippen molar-refractivity contribution in [1.29, 1.82) is 0 Å². The van der Waals surface area contributed by atoms with Gasteiger partial charge in [-0.1, -0.05) is 29.8 Å². The van der Waals surface area contributed by atoms with Gasteiger partial charge in [0.1, 0.15) is 5.82 Å². The van der Waals surface area contributed by atoms with Crippen molar-refractivity contribution in [2.24, 2.45) is 5.92 Å². The lowest BCUT2D eigenvalue weighted by molar-refractivity contribution is -0.121. The van der Waals surface area contributed by atoms with Gasteiger partial charge in [-0.3, -0.25) is 4.79 Å². The standard InChI is InChI=1S/C20H22FNOS/c1-14-2-4-15(5-3-14)20(16-6-7-16)22-19(23)12-13-24-18-10-8-17(21)9-11-18/h2-5,8-11,16,20H,6-7,12-13H2,1H3,(H,22,23). The molecule has 0 aliphatic heterocycles. The number of halogens is 1. The van der Waals surface area contributed by atoms with Gasteiger partial charge in [0.05, 0.1) is 6.04 Å². The minimum Gasteiger partial charge on any atom is -0.349 e. The zero-order valence-electron chi connectivity index (χ0n) is 13.8. The number of hydrogen-bond acceptors (Lipinski definition) is 2. The maximum absolute atomic E-state index is 12.9. The van der Waals surface area contributed by atoms with E-state index < -0.39 is 0 Å². The molecule has 1 amide bonds. The van der Waals surface area contributed by atoms with Crippen LogP contribution in [0.5, 0.6) is 0 Å². The summed E-state index contributed by atoms with van der Waals surface area (Å²) in [5.41, 5.74) is 2.43. The minimum atomic E-state index is -0.234. The smallest absolute Gasteiger partial charge is 0.221 e. The van der Waals surface area contributed by atoms with E-state index in [1.165, 1.54) is 36.1 Å². The molecule has 1 N–H and O–H groups in total. The van der Waals surface area contributed by atoms with Gasteiger partial charge in [0.15, 0.2) is 0 Å². The highest BCUT2D eigenvalue weighted by atomic mass is 32.2. The molecule has 2 aromatic carbocycles. The third-order valence-electron chi connectivity index (χ3n) is 4.26. The highest BCUT2D eigenvalue weighted by Crippen LogP contribution is 2.41. The van der Waals surface area contributed by atoms with Crippen LogP contribution < -0.4 is 5.32 Å². The fraction of sp³-hybridized carbons (Fsp3) is 0.350. The van der Waals surface area contributed by atoms with Crippen molar-refractivity contribution >= 4 is 17.7 Å². The summed E-state index contributed by atoms with van der Waals surface area (Å²) in [4.78, 5) is 13.3. The third kappa shape index (κ3) is 4.84. The molecule has 2 nitrogen and oxygen atoms in total. The van der Waals surface area contributed by atoms with E-state index in [1.807, 2.05) is 0 Å². The Labute approximate surface area is 146 Å². The van der Waals surface area contributed by atoms with Crippen molar-refractivity contribution in [3.63, 3.8) is 0 Å². The fourth-order valence-corrected chi connectivity index (χ4v) is 3.57. The molecular formula is C20H22FNOS. The van der Waals surface area contributed by atoms with E-state index in [0.717, 1.165) is 4.90 Å². The van der Waals surface area contributed by atoms with Crippen LogP contribution in [-0.2, 0) is 4.79 Å². The number of carbonyl (C=O) groups is 1. The highest BCUT2D eigenvalue weighted by Gasteiger charge is 2.33. The molecule has 0 radical (unpaired) electrons. The quantitative estimate of drug-likeness (QED) is 0.726. The van der Waals surface area contributed by atoms with Crippen molar-refractivity contribution in [2.45, 2.75) is 37.1 Å². The Hall–Kier alpha value is -1.81. The number of benzene rings is 2. The topological polar surface area (TPSA) is 29.1 Å². The van der Waals surface area contributed by atoms with Crippen LogP contribution >= 0.6 is 11.8 Å². The second kappa shape index (κ2) is 7.84. The Morgan fingerprint density at radius 3 is 2.46 bits per heavy atom. The van der Waals surface area contributed by atoms with Crippen LogP contribution in [0, 0.1) is 18.7 Å². The van der Waals surface area contributed by atoms with Crippen LogP contribution in [0.3, 0.4) is 0 Å². The number of rotatable bonds is 7. The molecule has 24 heavy (non-hydrogen) atoms. The first-order valence-electron chi connectivity index (χ1n) is 8.36. The van der Waals surface area contributed by atoms with Crippen LogP contribution in [-0.4, -0.2) is 11.7 Å². The molecule has 1 unspecified atom stereocenters. The summed E-state index contributed by atoms with van der Waals surface area (Å²) in [6.07, 6.45) is 2.84. The molecule has 0 heterocycles. The molecule has 3 rings (SSSR count). The molecule has 1 aliphatic carbocycles. The lowest BCUT2D eigenvalue weighted by Crippen LogP contribution is -2.30. The van der Waals surface area contributed by atoms with E-state index in [9.17, 15) is 9.18 Å². The number of aryl methyl sites for hydroxylation is 1. The highest BCUT2D eigenvalue weighted by molar-refractivity contribution is 7.99. The van der Waals surface area contributed by atoms with Crippen LogP contribution in [0.2, 0.25) is 0 Å². The lowest BCUT2D eigenvalue weighted by atomic mass is 10.0. The first-order valence-corrected chi connectivity index (χ1v) is 9.34. The van der Waals surface area contributed by atoms with Gasteiger partial charge >= 0.3 is 0 Å². The second-order valence-electron chi connectivity index (χ2n) is 6.35. The largest absolute Gasteiger partial charge is 0.349 e. The van der Waals surface area contributed by atoms with Gasteiger partial charge in [0.2, 0.25) is 5.91 Å². The van der Waals surface area contributed by atoms with Gasteiger partial charge in [-0.15, -0.1) is 11.8 Å². The molecule has 0 aromatic heterocycles. The first kappa shape index (κ1) is 17.0. The third-order valence-corrected chi connectivity index (χ3v) is 5.27. The van der Waals surface area contributed by atoms with Crippen molar-refractivity contribution in [3.8, 4) is 0 Å². The summed E-state index contributed by atoms with van der Waals surface area (Å²) in [6, 6.07) is 15.0. The molecule has 1 fully saturated rings. The number of nitrogens with one attached hydrogen (secondary N) is 1. The Morgan fingerprint density at radius 1 is 1.17 bits per heavy atom. The lowest BCUT2D eigenvalue weighted by Gasteiger charge is -2.19. The summed E-state index contributed by atoms with van der Waals surface area (Å²) in [5.74, 6) is 1.12. The average molecular weight is 343 g/mol. The van der Waals surface area contributed by atoms with E-state index >= 15 is 0 Å². The molecule has 126 valence electrons. The van der Waals surface area contributed by atoms with Crippen LogP contribution in [0.1, 0.15) is 36.4 Å². The number of amides is 1. The molecule has 0 bridgehead atoms. The van der Waals surface area contributed by atoms with Crippen molar-refractivity contribution < 1.29 is 9.18 Å². The normalized spacial score (nSPS) is 15.1. The van der Waals surface area contributed by atoms with Gasteiger partial charge in [0.25, 0.3) is 0 Å². The van der Waals surface area contributed by atoms with E-state index in [0.29, 0.717) is 18.1 Å². The average Bonchev–Trinajstić information content (AvgIpc) is 3.40. The molecule has 1 aliphatic rings. The van der Waals surface area contributed by atoms with E-state index in [4.69, 9.17) is 0 Å². The Morgan fingerprint density at radius 2 is 1.83 bits per heavy atom. The maximum atomic E-state index is 12.9. The molecule has 1 atom stereocenters. The van der Waals surface area contributed by atoms with Gasteiger partial charge in [-0.25, -0.2) is 4.39 Å². The zero-order chi connectivity index (χ0) is 16.9. The summed E-state index contributed by atoms with van der Waals surface area (Å²) < 4.78 is 12.9. The van der Waals surface area contributed by atoms with Crippen LogP contribution in [0.25, 0.3) is 0 Å². The van der Waals surface area contributed by atoms with E-state index in [-0.39, 0.29) is 17.8 Å². The Kier molecular flexibility index (Phi) is 5.56. The summed E-state index contributed by atoms with van der Waals surface area (Å²) in [7, 11) is 0. The summed E-state index contributed by atoms with van der Waals surface area (Å²) >= 11 is 1.58. The van der Waals surface area contributed by atoms with Crippen LogP contribution in [0.15, 0.2) is 53.4 Å². The van der Waals surface area contributed by atoms with Gasteiger partial charge < -0.3 is 5.32 Å².